The van der Waals surface area contributed by atoms with E-state index < -0.39 is 11.6 Å². The van der Waals surface area contributed by atoms with Crippen molar-refractivity contribution in [2.75, 3.05) is 0 Å². The summed E-state index contributed by atoms with van der Waals surface area (Å²) < 4.78 is 0. The molecule has 0 heterocycles. The van der Waals surface area contributed by atoms with Crippen LogP contribution in [0.1, 0.15) is 92.9 Å². The minimum atomic E-state index is -0.741. The average Bonchev–Trinajstić information content (AvgIpc) is 3.03. The van der Waals surface area contributed by atoms with Crippen LogP contribution in [0.5, 0.6) is 0 Å². The normalized spacial score (nSPS) is 38.2. The fourth-order valence-corrected chi connectivity index (χ4v) is 7.85. The number of carbonyl (C=O) groups is 1. The number of carboxylic acids is 1. The molecule has 0 spiro atoms. The van der Waals surface area contributed by atoms with Gasteiger partial charge < -0.3 is 10.2 Å². The van der Waals surface area contributed by atoms with Crippen LogP contribution in [0.15, 0.2) is 36.0 Å². The number of aliphatic hydroxyl groups is 1. The van der Waals surface area contributed by atoms with Gasteiger partial charge in [-0.2, -0.15) is 0 Å². The Balaban J connectivity index is 1.84. The molecule has 180 valence electrons. The van der Waals surface area contributed by atoms with Crippen molar-refractivity contribution in [3.8, 4) is 0 Å². The molecule has 3 rings (SSSR count). The van der Waals surface area contributed by atoms with E-state index in [4.69, 9.17) is 0 Å². The Morgan fingerprint density at radius 3 is 2.59 bits per heavy atom. The lowest BCUT2D eigenvalue weighted by Crippen LogP contribution is -2.48. The van der Waals surface area contributed by atoms with Crippen LogP contribution < -0.4 is 0 Å². The topological polar surface area (TPSA) is 57.5 Å². The van der Waals surface area contributed by atoms with Gasteiger partial charge in [-0.15, -0.1) is 0 Å². The third kappa shape index (κ3) is 4.79. The van der Waals surface area contributed by atoms with E-state index in [0.29, 0.717) is 23.7 Å². The first kappa shape index (κ1) is 25.3. The lowest BCUT2D eigenvalue weighted by atomic mass is 9.48. The molecule has 0 unspecified atom stereocenters. The highest BCUT2D eigenvalue weighted by Crippen LogP contribution is 2.66. The minimum absolute atomic E-state index is 0.0125. The lowest BCUT2D eigenvalue weighted by Gasteiger charge is -2.56. The van der Waals surface area contributed by atoms with Gasteiger partial charge in [0.2, 0.25) is 0 Å². The Labute approximate surface area is 196 Å². The number of carboxylic acid groups (broad SMARTS) is 1. The van der Waals surface area contributed by atoms with Gasteiger partial charge >= 0.3 is 5.97 Å². The van der Waals surface area contributed by atoms with Crippen LogP contribution in [0, 0.1) is 40.4 Å². The van der Waals surface area contributed by atoms with Crippen LogP contribution in [-0.4, -0.2) is 21.8 Å². The Hall–Kier alpha value is -1.35. The van der Waals surface area contributed by atoms with Crippen LogP contribution in [-0.2, 0) is 4.79 Å². The Morgan fingerprint density at radius 1 is 1.31 bits per heavy atom. The summed E-state index contributed by atoms with van der Waals surface area (Å²) in [6, 6.07) is 0. The van der Waals surface area contributed by atoms with Gasteiger partial charge in [-0.05, 0) is 106 Å². The Morgan fingerprint density at radius 2 is 2.00 bits per heavy atom. The van der Waals surface area contributed by atoms with E-state index in [1.165, 1.54) is 31.3 Å². The lowest BCUT2D eigenvalue weighted by molar-refractivity contribution is -0.138. The van der Waals surface area contributed by atoms with Gasteiger partial charge in [-0.25, -0.2) is 0 Å². The van der Waals surface area contributed by atoms with E-state index in [9.17, 15) is 15.0 Å². The summed E-state index contributed by atoms with van der Waals surface area (Å²) in [4.78, 5) is 11.5. The van der Waals surface area contributed by atoms with E-state index in [0.717, 1.165) is 25.2 Å². The number of hydrogen-bond donors (Lipinski definition) is 2. The molecule has 2 N–H and O–H groups in total. The van der Waals surface area contributed by atoms with Crippen molar-refractivity contribution in [3.63, 3.8) is 0 Å². The summed E-state index contributed by atoms with van der Waals surface area (Å²) in [5, 5.41) is 19.4. The second-order valence-corrected chi connectivity index (χ2v) is 12.3. The molecule has 3 aliphatic carbocycles. The molecule has 0 saturated heterocycles. The van der Waals surface area contributed by atoms with Gasteiger partial charge in [0.15, 0.2) is 0 Å². The van der Waals surface area contributed by atoms with Crippen molar-refractivity contribution >= 4 is 5.97 Å². The maximum atomic E-state index is 11.5. The third-order valence-electron chi connectivity index (χ3n) is 9.54. The maximum absolute atomic E-state index is 11.5. The molecular formula is C29H46O3. The van der Waals surface area contributed by atoms with Crippen LogP contribution >= 0.6 is 0 Å². The van der Waals surface area contributed by atoms with E-state index >= 15 is 0 Å². The van der Waals surface area contributed by atoms with Gasteiger partial charge in [-0.3, -0.25) is 4.79 Å². The molecule has 0 aliphatic heterocycles. The summed E-state index contributed by atoms with van der Waals surface area (Å²) in [5.74, 6) is 2.21. The maximum Gasteiger partial charge on any atom is 0.303 e. The van der Waals surface area contributed by atoms with Crippen molar-refractivity contribution < 1.29 is 15.0 Å². The summed E-state index contributed by atoms with van der Waals surface area (Å²) >= 11 is 0. The largest absolute Gasteiger partial charge is 0.481 e. The third-order valence-corrected chi connectivity index (χ3v) is 9.54. The number of rotatable bonds is 8. The molecule has 2 saturated carbocycles. The quantitative estimate of drug-likeness (QED) is 0.392. The van der Waals surface area contributed by atoms with Gasteiger partial charge in [0.05, 0.1) is 5.60 Å². The zero-order valence-electron chi connectivity index (χ0n) is 21.3. The summed E-state index contributed by atoms with van der Waals surface area (Å²) in [7, 11) is 0. The van der Waals surface area contributed by atoms with E-state index in [-0.39, 0.29) is 17.3 Å². The number of fused-ring (bicyclic) bond motifs is 3. The van der Waals surface area contributed by atoms with Gasteiger partial charge in [0.1, 0.15) is 0 Å². The molecule has 0 aromatic rings. The zero-order chi connectivity index (χ0) is 23.9. The first-order valence-electron chi connectivity index (χ1n) is 12.8. The second kappa shape index (κ2) is 9.12. The summed E-state index contributed by atoms with van der Waals surface area (Å²) in [6.07, 6.45) is 14.6. The first-order chi connectivity index (χ1) is 14.8. The van der Waals surface area contributed by atoms with Crippen LogP contribution in [0.3, 0.4) is 0 Å². The van der Waals surface area contributed by atoms with E-state index in [1.54, 1.807) is 5.57 Å². The van der Waals surface area contributed by atoms with Crippen molar-refractivity contribution in [2.45, 2.75) is 98.5 Å². The Bertz CT molecular complexity index is 785. The molecule has 0 radical (unpaired) electrons. The predicted octanol–water partition coefficient (Wildman–Crippen LogP) is 7.18. The van der Waals surface area contributed by atoms with E-state index in [2.05, 4.69) is 46.4 Å². The number of aliphatic carboxylic acids is 1. The zero-order valence-corrected chi connectivity index (χ0v) is 21.3. The second-order valence-electron chi connectivity index (χ2n) is 12.3. The molecule has 7 atom stereocenters. The smallest absolute Gasteiger partial charge is 0.303 e. The van der Waals surface area contributed by atoms with Gasteiger partial charge in [-0.1, -0.05) is 56.7 Å². The monoisotopic (exact) mass is 442 g/mol. The van der Waals surface area contributed by atoms with Crippen LogP contribution in [0.25, 0.3) is 0 Å². The van der Waals surface area contributed by atoms with Gasteiger partial charge in [0, 0.05) is 6.42 Å². The Kier molecular flexibility index (Phi) is 7.21. The fourth-order valence-electron chi connectivity index (χ4n) is 7.85. The molecule has 3 nitrogen and oxygen atoms in total. The molecule has 0 aromatic heterocycles. The number of allylic oxidation sites excluding steroid dienone is 4. The minimum Gasteiger partial charge on any atom is -0.481 e. The molecule has 3 aliphatic rings. The average molecular weight is 443 g/mol. The highest BCUT2D eigenvalue weighted by Gasteiger charge is 2.57. The SMILES string of the molecule is C=C(C)[C@@H]1CC=C2[C@H](CC[C@@H]3[C@@H]([C@H](C)C/C=C/C(C)(C)O)CC[C@@]23C)[C@@]1(C)CCC(=O)O. The fraction of sp³-hybridized carbons (Fsp3) is 0.759. The molecule has 32 heavy (non-hydrogen) atoms. The molecule has 0 amide bonds. The van der Waals surface area contributed by atoms with Crippen molar-refractivity contribution in [1.29, 1.82) is 0 Å². The van der Waals surface area contributed by atoms with E-state index in [1.807, 2.05) is 19.9 Å². The highest BCUT2D eigenvalue weighted by atomic mass is 16.4. The van der Waals surface area contributed by atoms with Crippen molar-refractivity contribution in [1.82, 2.24) is 0 Å². The molecule has 0 aromatic carbocycles. The highest BCUT2D eigenvalue weighted by molar-refractivity contribution is 5.66. The predicted molar refractivity (Wildman–Crippen MR) is 132 cm³/mol. The summed E-state index contributed by atoms with van der Waals surface area (Å²) in [6.45, 7) is 17.3. The van der Waals surface area contributed by atoms with Gasteiger partial charge in [0.25, 0.3) is 0 Å². The molecule has 0 bridgehead atoms. The first-order valence-corrected chi connectivity index (χ1v) is 12.8. The summed E-state index contributed by atoms with van der Waals surface area (Å²) in [5.41, 5.74) is 2.33. The van der Waals surface area contributed by atoms with Crippen LogP contribution in [0.2, 0.25) is 0 Å². The standard InChI is InChI=1S/C29H46O3/c1-19(2)22-10-12-25-24(28(22,6)18-15-26(30)31)13-11-23-21(14-17-29(23,25)7)20(3)9-8-16-27(4,5)32/h8,12,16,20-24,32H,1,9-11,13-15,17-18H2,2-7H3,(H,30,31)/b16-8+/t20-,21-,22+,23-,24+,28+,29-/m1/s1. The molecular weight excluding hydrogens is 396 g/mol. The molecule has 3 heteroatoms. The van der Waals surface area contributed by atoms with Crippen molar-refractivity contribution in [2.24, 2.45) is 40.4 Å². The van der Waals surface area contributed by atoms with Crippen LogP contribution in [0.4, 0.5) is 0 Å². The van der Waals surface area contributed by atoms with Crippen molar-refractivity contribution in [3.05, 3.63) is 36.0 Å². The number of hydrogen-bond acceptors (Lipinski definition) is 2. The molecule has 2 fully saturated rings.